The number of phenolic OH excluding ortho intramolecular Hbond substituents is 4. The van der Waals surface area contributed by atoms with Crippen molar-refractivity contribution in [3.05, 3.63) is 116 Å². The molecule has 48 heavy (non-hydrogen) atoms. The molecule has 1 saturated heterocycles. The molecule has 4 aromatic carbocycles. The fraction of sp³-hybridized carbons (Fsp3) is 0.278. The maximum atomic E-state index is 14.3. The van der Waals surface area contributed by atoms with E-state index in [2.05, 4.69) is 0 Å². The Kier molecular flexibility index (Phi) is 7.18. The second-order valence-corrected chi connectivity index (χ2v) is 12.7. The molecule has 3 aliphatic rings. The van der Waals surface area contributed by atoms with Crippen LogP contribution in [0.3, 0.4) is 0 Å². The van der Waals surface area contributed by atoms with Crippen LogP contribution in [0.15, 0.2) is 54.6 Å². The van der Waals surface area contributed by atoms with Gasteiger partial charge in [-0.05, 0) is 54.3 Å². The van der Waals surface area contributed by atoms with Crippen LogP contribution in [0.25, 0.3) is 0 Å². The molecule has 12 heteroatoms. The summed E-state index contributed by atoms with van der Waals surface area (Å²) in [5, 5.41) is 99.8. The molecule has 2 aliphatic carbocycles. The van der Waals surface area contributed by atoms with Gasteiger partial charge in [-0.1, -0.05) is 36.4 Å². The zero-order valence-electron chi connectivity index (χ0n) is 25.6. The van der Waals surface area contributed by atoms with Crippen LogP contribution in [0.5, 0.6) is 23.0 Å². The monoisotopic (exact) mass is 656 g/mol. The van der Waals surface area contributed by atoms with Gasteiger partial charge in [-0.15, -0.1) is 0 Å². The van der Waals surface area contributed by atoms with Crippen molar-refractivity contribution in [1.29, 1.82) is 0 Å². The lowest BCUT2D eigenvalue weighted by Crippen LogP contribution is -2.60. The van der Waals surface area contributed by atoms with Crippen molar-refractivity contribution >= 4 is 11.6 Å². The number of ketones is 2. The van der Waals surface area contributed by atoms with E-state index in [0.717, 1.165) is 0 Å². The predicted octanol–water partition coefficient (Wildman–Crippen LogP) is 1.47. The van der Waals surface area contributed by atoms with E-state index < -0.39 is 88.8 Å². The number of aryl methyl sites for hydroxylation is 2. The Bertz CT molecular complexity index is 2050. The van der Waals surface area contributed by atoms with Gasteiger partial charge in [-0.3, -0.25) is 9.59 Å². The molecule has 0 radical (unpaired) electrons. The van der Waals surface area contributed by atoms with E-state index in [1.165, 1.54) is 48.5 Å². The van der Waals surface area contributed by atoms with Crippen LogP contribution < -0.4 is 0 Å². The van der Waals surface area contributed by atoms with E-state index >= 15 is 0 Å². The van der Waals surface area contributed by atoms with Crippen molar-refractivity contribution in [2.75, 3.05) is 6.61 Å². The molecule has 0 spiro atoms. The summed E-state index contributed by atoms with van der Waals surface area (Å²) in [4.78, 5) is 27.9. The third-order valence-corrected chi connectivity index (χ3v) is 9.81. The highest BCUT2D eigenvalue weighted by atomic mass is 16.5. The van der Waals surface area contributed by atoms with Gasteiger partial charge < -0.3 is 50.7 Å². The summed E-state index contributed by atoms with van der Waals surface area (Å²) in [5.41, 5.74) is -3.03. The Labute approximate surface area is 273 Å². The Morgan fingerprint density at radius 1 is 0.667 bits per heavy atom. The van der Waals surface area contributed by atoms with E-state index in [4.69, 9.17) is 4.74 Å². The number of aliphatic hydroxyl groups is 5. The lowest BCUT2D eigenvalue weighted by molar-refractivity contribution is -0.232. The number of hydrogen-bond donors (Lipinski definition) is 9. The molecule has 4 aromatic rings. The van der Waals surface area contributed by atoms with Gasteiger partial charge in [0, 0.05) is 22.6 Å². The topological polar surface area (TPSA) is 225 Å². The maximum Gasteiger partial charge on any atom is 0.201 e. The van der Waals surface area contributed by atoms with Gasteiger partial charge in [0.2, 0.25) is 11.6 Å². The number of ether oxygens (including phenoxy) is 1. The first kappa shape index (κ1) is 31.8. The molecule has 7 atom stereocenters. The van der Waals surface area contributed by atoms with Gasteiger partial charge in [0.1, 0.15) is 53.0 Å². The van der Waals surface area contributed by atoms with E-state index in [1.807, 2.05) is 0 Å². The van der Waals surface area contributed by atoms with Crippen molar-refractivity contribution in [3.63, 3.8) is 0 Å². The zero-order valence-corrected chi connectivity index (χ0v) is 25.6. The second-order valence-electron chi connectivity index (χ2n) is 12.7. The normalized spacial score (nSPS) is 27.6. The minimum absolute atomic E-state index is 0.0713. The van der Waals surface area contributed by atoms with E-state index in [0.29, 0.717) is 11.1 Å². The lowest BCUT2D eigenvalue weighted by Gasteiger charge is -2.45. The van der Waals surface area contributed by atoms with E-state index in [9.17, 15) is 55.5 Å². The molecule has 9 N–H and O–H groups in total. The summed E-state index contributed by atoms with van der Waals surface area (Å²) in [7, 11) is 0. The Morgan fingerprint density at radius 3 is 1.98 bits per heavy atom. The quantitative estimate of drug-likeness (QED) is 0.153. The number of hydrogen-bond acceptors (Lipinski definition) is 12. The van der Waals surface area contributed by atoms with Crippen LogP contribution in [-0.2, 0) is 10.3 Å². The number of benzene rings is 4. The molecule has 7 rings (SSSR count). The summed E-state index contributed by atoms with van der Waals surface area (Å²) in [6.07, 6.45) is -7.92. The molecule has 0 amide bonds. The molecule has 248 valence electrons. The van der Waals surface area contributed by atoms with Crippen molar-refractivity contribution in [2.45, 2.75) is 55.9 Å². The third-order valence-electron chi connectivity index (χ3n) is 9.81. The SMILES string of the molecule is Cc1cc(O)c2c(c1)C([C@@H]1O[C@H](CO)[C@@H](O)[C@H](O)[C@H]1O)c1ccc(C3(O)c4cccc(O)c4C(=O)c4c(O)cc(C)cc43)c(O)c1C2=O. The number of rotatable bonds is 3. The average Bonchev–Trinajstić information content (AvgIpc) is 3.02. The largest absolute Gasteiger partial charge is 0.507 e. The van der Waals surface area contributed by atoms with Crippen LogP contribution >= 0.6 is 0 Å². The van der Waals surface area contributed by atoms with Crippen LogP contribution in [-0.4, -0.2) is 94.7 Å². The first-order chi connectivity index (χ1) is 22.7. The molecule has 0 saturated carbocycles. The number of aliphatic hydroxyl groups excluding tert-OH is 4. The summed E-state index contributed by atoms with van der Waals surface area (Å²) < 4.78 is 5.92. The van der Waals surface area contributed by atoms with Gasteiger partial charge in [0.25, 0.3) is 0 Å². The Morgan fingerprint density at radius 2 is 1.29 bits per heavy atom. The minimum Gasteiger partial charge on any atom is -0.507 e. The van der Waals surface area contributed by atoms with Gasteiger partial charge in [-0.2, -0.15) is 0 Å². The fourth-order valence-corrected chi connectivity index (χ4v) is 7.67. The fourth-order valence-electron chi connectivity index (χ4n) is 7.67. The predicted molar refractivity (Wildman–Crippen MR) is 166 cm³/mol. The smallest absolute Gasteiger partial charge is 0.201 e. The second kappa shape index (κ2) is 10.9. The highest BCUT2D eigenvalue weighted by Crippen LogP contribution is 2.54. The summed E-state index contributed by atoms with van der Waals surface area (Å²) in [6, 6.07) is 12.3. The van der Waals surface area contributed by atoms with Gasteiger partial charge in [0.05, 0.1) is 35.0 Å². The average molecular weight is 657 g/mol. The zero-order chi connectivity index (χ0) is 34.6. The Hall–Kier alpha value is -4.82. The van der Waals surface area contributed by atoms with E-state index in [1.54, 1.807) is 19.9 Å². The van der Waals surface area contributed by atoms with Crippen molar-refractivity contribution in [2.24, 2.45) is 0 Å². The van der Waals surface area contributed by atoms with E-state index in [-0.39, 0.29) is 44.5 Å². The van der Waals surface area contributed by atoms with Crippen molar-refractivity contribution < 1.29 is 60.3 Å². The Balaban J connectivity index is 1.53. The van der Waals surface area contributed by atoms with Crippen LogP contribution in [0.4, 0.5) is 0 Å². The number of carbonyl (C=O) groups excluding carboxylic acids is 2. The number of aromatic hydroxyl groups is 4. The summed E-state index contributed by atoms with van der Waals surface area (Å²) >= 11 is 0. The molecular weight excluding hydrogens is 624 g/mol. The maximum absolute atomic E-state index is 14.3. The first-order valence-corrected chi connectivity index (χ1v) is 15.2. The summed E-state index contributed by atoms with van der Waals surface area (Å²) in [6.45, 7) is 2.55. The lowest BCUT2D eigenvalue weighted by atomic mass is 9.67. The molecule has 1 aliphatic heterocycles. The molecule has 2 unspecified atom stereocenters. The minimum atomic E-state index is -2.42. The first-order valence-electron chi connectivity index (χ1n) is 15.2. The van der Waals surface area contributed by atoms with Gasteiger partial charge in [0.15, 0.2) is 0 Å². The summed E-state index contributed by atoms with van der Waals surface area (Å²) in [5.74, 6) is -4.98. The van der Waals surface area contributed by atoms with Crippen LogP contribution in [0.1, 0.15) is 76.7 Å². The molecule has 12 nitrogen and oxygen atoms in total. The number of fused-ring (bicyclic) bond motifs is 4. The van der Waals surface area contributed by atoms with Gasteiger partial charge in [-0.25, -0.2) is 0 Å². The standard InChI is InChI=1S/C36H32O12/c1-13-8-16-24(35-34(46)33(45)30(42)23(12-37)48-35)15-6-7-18(29(41)26(15)31(43)25(16)21(39)10-13)36(47)17-4-3-5-20(38)27(17)32(44)28-19(36)9-14(2)11-22(28)40/h3-11,23-24,30,33-35,37-42,45-47H,12H2,1-2H3/t23-,24?,30-,33+,34-,35+,36?/m1/s1. The molecule has 0 bridgehead atoms. The van der Waals surface area contributed by atoms with Crippen molar-refractivity contribution in [3.8, 4) is 23.0 Å². The van der Waals surface area contributed by atoms with Crippen molar-refractivity contribution in [1.82, 2.24) is 0 Å². The van der Waals surface area contributed by atoms with Crippen LogP contribution in [0.2, 0.25) is 0 Å². The molecular formula is C36H32O12. The molecule has 1 fully saturated rings. The number of carbonyl (C=O) groups is 2. The highest BCUT2D eigenvalue weighted by molar-refractivity contribution is 6.18. The third kappa shape index (κ3) is 4.18. The molecule has 1 heterocycles. The highest BCUT2D eigenvalue weighted by Gasteiger charge is 2.52. The van der Waals surface area contributed by atoms with Crippen LogP contribution in [0, 0.1) is 13.8 Å². The number of phenols is 4. The molecule has 0 aromatic heterocycles. The van der Waals surface area contributed by atoms with Gasteiger partial charge >= 0.3 is 0 Å².